The molecule has 4 heteroatoms. The fourth-order valence-corrected chi connectivity index (χ4v) is 1.86. The van der Waals surface area contributed by atoms with Crippen LogP contribution in [0.1, 0.15) is 24.7 Å². The molecule has 0 aliphatic heterocycles. The largest absolute Gasteiger partial charge is 0.440 e. The van der Waals surface area contributed by atoms with Gasteiger partial charge in [-0.05, 0) is 31.0 Å². The minimum Gasteiger partial charge on any atom is -0.440 e. The third-order valence-electron chi connectivity index (χ3n) is 2.97. The van der Waals surface area contributed by atoms with E-state index in [4.69, 9.17) is 9.15 Å². The fourth-order valence-electron chi connectivity index (χ4n) is 1.86. The van der Waals surface area contributed by atoms with E-state index in [0.717, 1.165) is 29.2 Å². The first-order chi connectivity index (χ1) is 8.36. The molecule has 1 aromatic heterocycles. The SMILES string of the molecule is COCCNc1ccc2oc(C3CC3)nc2c1. The van der Waals surface area contributed by atoms with Crippen LogP contribution < -0.4 is 5.32 Å². The van der Waals surface area contributed by atoms with E-state index in [-0.39, 0.29) is 0 Å². The summed E-state index contributed by atoms with van der Waals surface area (Å²) < 4.78 is 10.7. The Labute approximate surface area is 100.0 Å². The van der Waals surface area contributed by atoms with Gasteiger partial charge >= 0.3 is 0 Å². The van der Waals surface area contributed by atoms with Gasteiger partial charge in [-0.25, -0.2) is 4.98 Å². The Bertz CT molecular complexity index is 517. The molecule has 0 saturated heterocycles. The average molecular weight is 232 g/mol. The molecule has 1 N–H and O–H groups in total. The van der Waals surface area contributed by atoms with Crippen LogP contribution >= 0.6 is 0 Å². The van der Waals surface area contributed by atoms with Crippen LogP contribution in [0.2, 0.25) is 0 Å². The lowest BCUT2D eigenvalue weighted by atomic mass is 10.3. The smallest absolute Gasteiger partial charge is 0.198 e. The predicted octanol–water partition coefficient (Wildman–Crippen LogP) is 2.76. The van der Waals surface area contributed by atoms with E-state index >= 15 is 0 Å². The summed E-state index contributed by atoms with van der Waals surface area (Å²) in [7, 11) is 1.70. The van der Waals surface area contributed by atoms with Crippen molar-refractivity contribution in [2.24, 2.45) is 0 Å². The van der Waals surface area contributed by atoms with Gasteiger partial charge in [-0.15, -0.1) is 0 Å². The Morgan fingerprint density at radius 3 is 3.12 bits per heavy atom. The van der Waals surface area contributed by atoms with E-state index in [1.54, 1.807) is 7.11 Å². The molecule has 1 heterocycles. The quantitative estimate of drug-likeness (QED) is 0.805. The number of hydrogen-bond acceptors (Lipinski definition) is 4. The molecule has 1 aliphatic rings. The molecule has 0 amide bonds. The second-order valence-electron chi connectivity index (χ2n) is 4.43. The molecule has 1 saturated carbocycles. The van der Waals surface area contributed by atoms with Crippen molar-refractivity contribution in [2.75, 3.05) is 25.6 Å². The summed E-state index contributed by atoms with van der Waals surface area (Å²) in [5.41, 5.74) is 2.88. The van der Waals surface area contributed by atoms with Crippen LogP contribution in [0.3, 0.4) is 0 Å². The van der Waals surface area contributed by atoms with Crippen LogP contribution in [-0.2, 0) is 4.74 Å². The van der Waals surface area contributed by atoms with Crippen molar-refractivity contribution in [2.45, 2.75) is 18.8 Å². The predicted molar refractivity (Wildman–Crippen MR) is 66.3 cm³/mol. The van der Waals surface area contributed by atoms with Crippen LogP contribution in [0.25, 0.3) is 11.1 Å². The van der Waals surface area contributed by atoms with Crippen molar-refractivity contribution in [3.63, 3.8) is 0 Å². The molecule has 17 heavy (non-hydrogen) atoms. The maximum Gasteiger partial charge on any atom is 0.198 e. The van der Waals surface area contributed by atoms with Crippen molar-refractivity contribution in [1.29, 1.82) is 0 Å². The molecule has 4 nitrogen and oxygen atoms in total. The highest BCUT2D eigenvalue weighted by molar-refractivity contribution is 5.77. The molecule has 3 rings (SSSR count). The van der Waals surface area contributed by atoms with Crippen molar-refractivity contribution >= 4 is 16.8 Å². The molecule has 0 atom stereocenters. The molecule has 0 radical (unpaired) electrons. The Balaban J connectivity index is 1.79. The normalized spacial score (nSPS) is 15.4. The number of ether oxygens (including phenoxy) is 1. The molecule has 1 aromatic carbocycles. The van der Waals surface area contributed by atoms with Gasteiger partial charge in [0.15, 0.2) is 11.5 Å². The van der Waals surface area contributed by atoms with Crippen molar-refractivity contribution in [3.05, 3.63) is 24.1 Å². The number of anilines is 1. The second-order valence-corrected chi connectivity index (χ2v) is 4.43. The Morgan fingerprint density at radius 2 is 2.35 bits per heavy atom. The minimum absolute atomic E-state index is 0.562. The number of aromatic nitrogens is 1. The molecule has 0 unspecified atom stereocenters. The van der Waals surface area contributed by atoms with E-state index in [9.17, 15) is 0 Å². The highest BCUT2D eigenvalue weighted by Crippen LogP contribution is 2.40. The van der Waals surface area contributed by atoms with Crippen LogP contribution in [0.5, 0.6) is 0 Å². The summed E-state index contributed by atoms with van der Waals surface area (Å²) in [5.74, 6) is 1.46. The van der Waals surface area contributed by atoms with Crippen molar-refractivity contribution < 1.29 is 9.15 Å². The highest BCUT2D eigenvalue weighted by atomic mass is 16.5. The van der Waals surface area contributed by atoms with Crippen LogP contribution in [0.15, 0.2) is 22.6 Å². The summed E-state index contributed by atoms with van der Waals surface area (Å²) in [4.78, 5) is 4.53. The lowest BCUT2D eigenvalue weighted by Gasteiger charge is -2.04. The number of oxazole rings is 1. The highest BCUT2D eigenvalue weighted by Gasteiger charge is 2.28. The topological polar surface area (TPSA) is 47.3 Å². The first-order valence-corrected chi connectivity index (χ1v) is 6.00. The van der Waals surface area contributed by atoms with Gasteiger partial charge < -0.3 is 14.5 Å². The maximum absolute atomic E-state index is 5.71. The van der Waals surface area contributed by atoms with Gasteiger partial charge in [-0.3, -0.25) is 0 Å². The number of methoxy groups -OCH3 is 1. The zero-order valence-corrected chi connectivity index (χ0v) is 9.90. The second kappa shape index (κ2) is 4.37. The molecule has 90 valence electrons. The standard InChI is InChI=1S/C13H16N2O2/c1-16-7-6-14-10-4-5-12-11(8-10)15-13(17-12)9-2-3-9/h4-5,8-9,14H,2-3,6-7H2,1H3. The Morgan fingerprint density at radius 1 is 1.47 bits per heavy atom. The third kappa shape index (κ3) is 2.26. The zero-order chi connectivity index (χ0) is 11.7. The van der Waals surface area contributed by atoms with E-state index in [1.165, 1.54) is 12.8 Å². The van der Waals surface area contributed by atoms with Crippen LogP contribution in [-0.4, -0.2) is 25.2 Å². The van der Waals surface area contributed by atoms with Crippen molar-refractivity contribution in [3.8, 4) is 0 Å². The molecular formula is C13H16N2O2. The lowest BCUT2D eigenvalue weighted by molar-refractivity contribution is 0.211. The van der Waals surface area contributed by atoms with E-state index in [0.29, 0.717) is 12.5 Å². The van der Waals surface area contributed by atoms with Gasteiger partial charge in [0, 0.05) is 25.3 Å². The van der Waals surface area contributed by atoms with Gasteiger partial charge in [-0.2, -0.15) is 0 Å². The molecule has 1 aliphatic carbocycles. The maximum atomic E-state index is 5.71. The van der Waals surface area contributed by atoms with E-state index in [1.807, 2.05) is 18.2 Å². The monoisotopic (exact) mass is 232 g/mol. The number of nitrogens with zero attached hydrogens (tertiary/aromatic N) is 1. The number of rotatable bonds is 5. The van der Waals surface area contributed by atoms with Gasteiger partial charge in [0.1, 0.15) is 5.52 Å². The van der Waals surface area contributed by atoms with Gasteiger partial charge in [0.05, 0.1) is 6.61 Å². The molecule has 2 aromatic rings. The van der Waals surface area contributed by atoms with Gasteiger partial charge in [-0.1, -0.05) is 0 Å². The Hall–Kier alpha value is -1.55. The van der Waals surface area contributed by atoms with E-state index in [2.05, 4.69) is 10.3 Å². The molecule has 1 fully saturated rings. The summed E-state index contributed by atoms with van der Waals surface area (Å²) in [5, 5.41) is 3.29. The summed E-state index contributed by atoms with van der Waals surface area (Å²) in [6.45, 7) is 1.50. The average Bonchev–Trinajstić information content (AvgIpc) is 3.10. The van der Waals surface area contributed by atoms with Crippen LogP contribution in [0, 0.1) is 0 Å². The van der Waals surface area contributed by atoms with Gasteiger partial charge in [0.25, 0.3) is 0 Å². The first kappa shape index (κ1) is 10.6. The summed E-state index contributed by atoms with van der Waals surface area (Å²) in [6, 6.07) is 6.02. The van der Waals surface area contributed by atoms with E-state index < -0.39 is 0 Å². The van der Waals surface area contributed by atoms with Crippen LogP contribution in [0.4, 0.5) is 5.69 Å². The lowest BCUT2D eigenvalue weighted by Crippen LogP contribution is -2.07. The molecule has 0 bridgehead atoms. The Kier molecular flexibility index (Phi) is 2.73. The molecule has 0 spiro atoms. The number of hydrogen-bond donors (Lipinski definition) is 1. The summed E-state index contributed by atoms with van der Waals surface area (Å²) >= 11 is 0. The first-order valence-electron chi connectivity index (χ1n) is 6.00. The zero-order valence-electron chi connectivity index (χ0n) is 9.90. The molecular weight excluding hydrogens is 216 g/mol. The minimum atomic E-state index is 0.562. The summed E-state index contributed by atoms with van der Waals surface area (Å²) in [6.07, 6.45) is 2.43. The fraction of sp³-hybridized carbons (Fsp3) is 0.462. The van der Waals surface area contributed by atoms with Gasteiger partial charge in [0.2, 0.25) is 0 Å². The number of benzene rings is 1. The third-order valence-corrected chi connectivity index (χ3v) is 2.97. The van der Waals surface area contributed by atoms with Crippen molar-refractivity contribution in [1.82, 2.24) is 4.98 Å². The number of fused-ring (bicyclic) bond motifs is 1. The number of nitrogens with one attached hydrogen (secondary N) is 1.